The summed E-state index contributed by atoms with van der Waals surface area (Å²) < 4.78 is 10.5. The van der Waals surface area contributed by atoms with Gasteiger partial charge in [0.15, 0.2) is 5.69 Å². The van der Waals surface area contributed by atoms with Crippen LogP contribution in [0.25, 0.3) is 37.9 Å². The van der Waals surface area contributed by atoms with E-state index in [1.165, 1.54) is 14.2 Å². The maximum absolute atomic E-state index is 9.35. The van der Waals surface area contributed by atoms with Gasteiger partial charge in [0.1, 0.15) is 33.7 Å². The number of ether oxygens (including phenoxy) is 2. The Morgan fingerprint density at radius 3 is 1.61 bits per heavy atom. The van der Waals surface area contributed by atoms with Crippen molar-refractivity contribution in [2.45, 2.75) is 13.8 Å². The largest absolute Gasteiger partial charge is 0.477 e. The molecule has 0 atom stereocenters. The molecule has 0 fully saturated rings. The summed E-state index contributed by atoms with van der Waals surface area (Å²) >= 11 is 0. The minimum absolute atomic E-state index is 0.100. The van der Waals surface area contributed by atoms with Gasteiger partial charge in [-0.15, -0.1) is 4.98 Å². The van der Waals surface area contributed by atoms with Gasteiger partial charge in [-0.1, -0.05) is 6.57 Å². The highest BCUT2D eigenvalue weighted by Gasteiger charge is 2.24. The summed E-state index contributed by atoms with van der Waals surface area (Å²) in [6.45, 7) is 11.0. The van der Waals surface area contributed by atoms with Crippen LogP contribution in [0.3, 0.4) is 0 Å². The molecule has 0 radical (unpaired) electrons. The first-order valence-corrected chi connectivity index (χ1v) is 8.08. The zero-order valence-electron chi connectivity index (χ0n) is 15.4. The monoisotopic (exact) mass is 372 g/mol. The number of nitriles is 1. The molecular formula is C18H12N8O2. The van der Waals surface area contributed by atoms with Gasteiger partial charge in [-0.05, 0) is 13.8 Å². The van der Waals surface area contributed by atoms with Crippen LogP contribution < -0.4 is 9.47 Å². The van der Waals surface area contributed by atoms with Crippen molar-refractivity contribution in [1.82, 2.24) is 29.9 Å². The molecule has 10 nitrogen and oxygen atoms in total. The molecule has 4 rings (SSSR count). The van der Waals surface area contributed by atoms with Gasteiger partial charge >= 0.3 is 5.82 Å². The number of methoxy groups -OCH3 is 2. The highest BCUT2D eigenvalue weighted by atomic mass is 16.5. The van der Waals surface area contributed by atoms with Gasteiger partial charge in [0.2, 0.25) is 5.52 Å². The third-order valence-corrected chi connectivity index (χ3v) is 4.29. The molecule has 0 saturated heterocycles. The van der Waals surface area contributed by atoms with Crippen LogP contribution in [0.15, 0.2) is 0 Å². The number of aromatic nitrogens is 6. The normalized spacial score (nSPS) is 10.8. The quantitative estimate of drug-likeness (QED) is 0.385. The van der Waals surface area contributed by atoms with Crippen LogP contribution in [0.1, 0.15) is 17.1 Å². The van der Waals surface area contributed by atoms with E-state index in [4.69, 9.17) is 16.0 Å². The number of nitrogens with zero attached hydrogens (tertiary/aromatic N) is 8. The van der Waals surface area contributed by atoms with E-state index in [0.29, 0.717) is 33.3 Å². The van der Waals surface area contributed by atoms with Crippen molar-refractivity contribution in [3.8, 4) is 17.8 Å². The Hall–Kier alpha value is -4.18. The fraction of sp³-hybridized carbons (Fsp3) is 0.222. The standard InChI is InChI=1S/C18H12N8O2/c1-7-8(2)22-11-10(21-7)13-12(23-9(6-19)16(20-3)24-13)15-14(11)25-17(27-4)18(26-15)28-5/h1-2,4-5H3. The molecule has 0 amide bonds. The van der Waals surface area contributed by atoms with Crippen molar-refractivity contribution >= 4 is 38.9 Å². The van der Waals surface area contributed by atoms with Gasteiger partial charge in [0, 0.05) is 0 Å². The van der Waals surface area contributed by atoms with E-state index < -0.39 is 0 Å². The molecule has 0 N–H and O–H groups in total. The first-order chi connectivity index (χ1) is 13.5. The zero-order chi connectivity index (χ0) is 20.0. The Morgan fingerprint density at radius 1 is 0.750 bits per heavy atom. The van der Waals surface area contributed by atoms with Gasteiger partial charge in [-0.3, -0.25) is 0 Å². The molecule has 0 bridgehead atoms. The minimum atomic E-state index is -0.107. The van der Waals surface area contributed by atoms with E-state index in [1.807, 2.05) is 19.9 Å². The Labute approximate surface area is 158 Å². The van der Waals surface area contributed by atoms with Crippen molar-refractivity contribution in [2.24, 2.45) is 0 Å². The first kappa shape index (κ1) is 17.2. The van der Waals surface area contributed by atoms with Crippen LogP contribution in [0.4, 0.5) is 5.82 Å². The van der Waals surface area contributed by atoms with E-state index in [0.717, 1.165) is 5.69 Å². The third kappa shape index (κ3) is 2.32. The highest BCUT2D eigenvalue weighted by molar-refractivity contribution is 6.18. The lowest BCUT2D eigenvalue weighted by molar-refractivity contribution is 0.334. The zero-order valence-corrected chi connectivity index (χ0v) is 15.4. The SMILES string of the molecule is [C-]#[N+]c1nc2c3nc(C)c(C)nc3c3nc(OC)c(OC)nc3c2nc1C#N. The van der Waals surface area contributed by atoms with Crippen molar-refractivity contribution in [2.75, 3.05) is 14.2 Å². The predicted octanol–water partition coefficient (Wildman–Crippen LogP) is 2.57. The summed E-state index contributed by atoms with van der Waals surface area (Å²) in [5, 5.41) is 9.35. The van der Waals surface area contributed by atoms with Crippen LogP contribution in [0.5, 0.6) is 11.8 Å². The smallest absolute Gasteiger partial charge is 0.307 e. The Balaban J connectivity index is 2.36. The van der Waals surface area contributed by atoms with Crippen LogP contribution >= 0.6 is 0 Å². The Kier molecular flexibility index (Phi) is 3.83. The van der Waals surface area contributed by atoms with Crippen LogP contribution in [0.2, 0.25) is 0 Å². The lowest BCUT2D eigenvalue weighted by atomic mass is 10.1. The second-order valence-electron chi connectivity index (χ2n) is 5.85. The number of aryl methyl sites for hydroxylation is 2. The molecule has 0 spiro atoms. The van der Waals surface area contributed by atoms with E-state index in [9.17, 15) is 5.26 Å². The maximum Gasteiger partial charge on any atom is 0.307 e. The van der Waals surface area contributed by atoms with Gasteiger partial charge in [-0.2, -0.15) is 5.26 Å². The van der Waals surface area contributed by atoms with Crippen molar-refractivity contribution < 1.29 is 9.47 Å². The number of rotatable bonds is 2. The lowest BCUT2D eigenvalue weighted by Gasteiger charge is -2.11. The molecule has 0 unspecified atom stereocenters. The van der Waals surface area contributed by atoms with Gasteiger partial charge in [-0.25, -0.2) is 24.9 Å². The lowest BCUT2D eigenvalue weighted by Crippen LogP contribution is -2.03. The van der Waals surface area contributed by atoms with Crippen LogP contribution in [-0.4, -0.2) is 44.1 Å². The second kappa shape index (κ2) is 6.21. The molecule has 0 saturated carbocycles. The van der Waals surface area contributed by atoms with Crippen molar-refractivity contribution in [3.63, 3.8) is 0 Å². The van der Waals surface area contributed by atoms with E-state index in [2.05, 4.69) is 34.7 Å². The molecular weight excluding hydrogens is 360 g/mol. The average Bonchev–Trinajstić information content (AvgIpc) is 2.73. The third-order valence-electron chi connectivity index (χ3n) is 4.29. The van der Waals surface area contributed by atoms with Crippen molar-refractivity contribution in [3.05, 3.63) is 28.5 Å². The second-order valence-corrected chi connectivity index (χ2v) is 5.85. The highest BCUT2D eigenvalue weighted by Crippen LogP contribution is 2.35. The van der Waals surface area contributed by atoms with E-state index in [1.54, 1.807) is 0 Å². The first-order valence-electron chi connectivity index (χ1n) is 8.08. The molecule has 3 aromatic heterocycles. The summed E-state index contributed by atoms with van der Waals surface area (Å²) in [7, 11) is 2.90. The molecule has 0 aliphatic rings. The summed E-state index contributed by atoms with van der Waals surface area (Å²) in [5.74, 6) is 0.230. The molecule has 28 heavy (non-hydrogen) atoms. The number of hydrogen-bond acceptors (Lipinski definition) is 9. The summed E-state index contributed by atoms with van der Waals surface area (Å²) in [6.07, 6.45) is 0. The number of benzene rings is 1. The summed E-state index contributed by atoms with van der Waals surface area (Å²) in [5.41, 5.74) is 3.54. The maximum atomic E-state index is 9.35. The van der Waals surface area contributed by atoms with Gasteiger partial charge in [0.25, 0.3) is 11.8 Å². The minimum Gasteiger partial charge on any atom is -0.477 e. The average molecular weight is 372 g/mol. The van der Waals surface area contributed by atoms with Crippen LogP contribution in [0, 0.1) is 31.8 Å². The topological polar surface area (TPSA) is 124 Å². The predicted molar refractivity (Wildman–Crippen MR) is 99.3 cm³/mol. The van der Waals surface area contributed by atoms with Crippen LogP contribution in [-0.2, 0) is 0 Å². The van der Waals surface area contributed by atoms with Gasteiger partial charge in [0.05, 0.1) is 25.6 Å². The number of hydrogen-bond donors (Lipinski definition) is 0. The van der Waals surface area contributed by atoms with Gasteiger partial charge < -0.3 is 14.3 Å². The molecule has 10 heteroatoms. The Bertz CT molecular complexity index is 1380. The van der Waals surface area contributed by atoms with Crippen molar-refractivity contribution in [1.29, 1.82) is 5.26 Å². The Morgan fingerprint density at radius 2 is 1.18 bits per heavy atom. The fourth-order valence-electron chi connectivity index (χ4n) is 2.84. The van der Waals surface area contributed by atoms with E-state index in [-0.39, 0.29) is 28.8 Å². The molecule has 136 valence electrons. The van der Waals surface area contributed by atoms with E-state index >= 15 is 0 Å². The molecule has 0 aliphatic heterocycles. The molecule has 4 aromatic rings. The summed E-state index contributed by atoms with van der Waals surface area (Å²) in [6, 6.07) is 1.90. The summed E-state index contributed by atoms with van der Waals surface area (Å²) in [4.78, 5) is 30.1. The molecule has 0 aliphatic carbocycles. The number of fused-ring (bicyclic) bond motifs is 6. The molecule has 3 heterocycles. The fourth-order valence-corrected chi connectivity index (χ4v) is 2.84. The molecule has 1 aromatic carbocycles.